The number of nitrogens with zero attached hydrogens (tertiary/aromatic N) is 1. The summed E-state index contributed by atoms with van der Waals surface area (Å²) in [6.45, 7) is 6.04. The number of sulfonamides is 1. The molecule has 1 aliphatic heterocycles. The predicted octanol–water partition coefficient (Wildman–Crippen LogP) is 4.21. The lowest BCUT2D eigenvalue weighted by atomic mass is 9.89. The molecule has 1 heterocycles. The normalized spacial score (nSPS) is 16.5. The Balaban J connectivity index is 1.38. The van der Waals surface area contributed by atoms with Crippen molar-refractivity contribution in [1.29, 1.82) is 0 Å². The van der Waals surface area contributed by atoms with Crippen molar-refractivity contribution in [2.75, 3.05) is 13.1 Å². The molecule has 3 aromatic rings. The number of primary amides is 1. The Hall–Kier alpha value is -5.60. The SMILES string of the molecule is C=CS(=O)(=O)N[C@@H](Cc1ccccc1)C(=O)N1CCCC[C@H]1C(=O)N[C@@H](CC1=CCc2ccccc21)C(=O)C[C@@H](CCCNC(N)=O)C(=O)NCc1ccc(C)cc1. The van der Waals surface area contributed by atoms with Crippen LogP contribution >= 0.6 is 0 Å². The van der Waals surface area contributed by atoms with E-state index in [4.69, 9.17) is 5.73 Å². The number of nitrogens with one attached hydrogen (secondary N) is 4. The fraction of sp³-hybridized carbons (Fsp3) is 0.386. The van der Waals surface area contributed by atoms with Gasteiger partial charge in [-0.05, 0) is 79.7 Å². The number of allylic oxidation sites excluding steroid dienone is 1. The molecular weight excluding hydrogens is 757 g/mol. The average molecular weight is 811 g/mol. The highest BCUT2D eigenvalue weighted by Gasteiger charge is 2.39. The van der Waals surface area contributed by atoms with Crippen LogP contribution in [0.4, 0.5) is 4.79 Å². The first kappa shape index (κ1) is 43.5. The third kappa shape index (κ3) is 12.4. The van der Waals surface area contributed by atoms with Crippen LogP contribution in [0.3, 0.4) is 0 Å². The first-order chi connectivity index (χ1) is 27.8. The van der Waals surface area contributed by atoms with Crippen LogP contribution in [0.2, 0.25) is 0 Å². The summed E-state index contributed by atoms with van der Waals surface area (Å²) in [7, 11) is -4.03. The van der Waals surface area contributed by atoms with Gasteiger partial charge in [-0.1, -0.05) is 97.1 Å². The number of carbonyl (C=O) groups is 5. The van der Waals surface area contributed by atoms with Crippen molar-refractivity contribution in [2.24, 2.45) is 11.7 Å². The number of piperidine rings is 1. The summed E-state index contributed by atoms with van der Waals surface area (Å²) < 4.78 is 27.8. The van der Waals surface area contributed by atoms with Crippen molar-refractivity contribution in [1.82, 2.24) is 25.6 Å². The van der Waals surface area contributed by atoms with E-state index in [2.05, 4.69) is 27.3 Å². The van der Waals surface area contributed by atoms with Crippen LogP contribution in [0, 0.1) is 12.8 Å². The van der Waals surface area contributed by atoms with Crippen molar-refractivity contribution in [3.63, 3.8) is 0 Å². The van der Waals surface area contributed by atoms with Gasteiger partial charge in [0.25, 0.3) is 0 Å². The van der Waals surface area contributed by atoms with E-state index in [0.29, 0.717) is 32.1 Å². The molecule has 0 spiro atoms. The first-order valence-electron chi connectivity index (χ1n) is 19.8. The van der Waals surface area contributed by atoms with Gasteiger partial charge in [-0.3, -0.25) is 19.2 Å². The van der Waals surface area contributed by atoms with Crippen molar-refractivity contribution in [3.8, 4) is 0 Å². The molecule has 0 unspecified atom stereocenters. The van der Waals surface area contributed by atoms with Crippen LogP contribution < -0.4 is 26.4 Å². The summed E-state index contributed by atoms with van der Waals surface area (Å²) in [6, 6.07) is 20.7. The fourth-order valence-corrected chi connectivity index (χ4v) is 8.21. The molecule has 0 saturated carbocycles. The van der Waals surface area contributed by atoms with E-state index in [1.165, 1.54) is 4.90 Å². The molecule has 6 N–H and O–H groups in total. The molecule has 2 aliphatic rings. The second kappa shape index (κ2) is 20.7. The fourth-order valence-electron chi connectivity index (χ4n) is 7.54. The Bertz CT molecular complexity index is 2090. The lowest BCUT2D eigenvalue weighted by Crippen LogP contribution is -2.59. The number of Topliss-reactive ketones (excluding diaryl/α,β-unsaturated/α-hetero) is 1. The zero-order valence-electron chi connectivity index (χ0n) is 33.0. The number of likely N-dealkylation sites (tertiary alicyclic amines) is 1. The molecule has 4 atom stereocenters. The molecule has 308 valence electrons. The van der Waals surface area contributed by atoms with Crippen LogP contribution in [-0.4, -0.2) is 74.1 Å². The Morgan fingerprint density at radius 2 is 1.62 bits per heavy atom. The smallest absolute Gasteiger partial charge is 0.312 e. The highest BCUT2D eigenvalue weighted by molar-refractivity contribution is 7.92. The number of hydrogen-bond acceptors (Lipinski definition) is 7. The molecule has 5 amide bonds. The largest absolute Gasteiger partial charge is 0.352 e. The molecule has 1 aliphatic carbocycles. The quantitative estimate of drug-likeness (QED) is 0.105. The minimum Gasteiger partial charge on any atom is -0.352 e. The molecule has 5 rings (SSSR count). The lowest BCUT2D eigenvalue weighted by molar-refractivity contribution is -0.144. The second-order valence-corrected chi connectivity index (χ2v) is 16.6. The molecule has 58 heavy (non-hydrogen) atoms. The van der Waals surface area contributed by atoms with Crippen LogP contribution in [0.1, 0.15) is 72.8 Å². The number of aryl methyl sites for hydroxylation is 1. The van der Waals surface area contributed by atoms with E-state index in [-0.39, 0.29) is 57.0 Å². The third-order valence-corrected chi connectivity index (χ3v) is 11.7. The molecule has 14 heteroatoms. The topological polar surface area (TPSA) is 197 Å². The number of carbonyl (C=O) groups excluding carboxylic acids is 5. The van der Waals surface area contributed by atoms with Crippen LogP contribution in [0.25, 0.3) is 5.57 Å². The highest BCUT2D eigenvalue weighted by atomic mass is 32.2. The zero-order chi connectivity index (χ0) is 41.7. The molecule has 13 nitrogen and oxygen atoms in total. The van der Waals surface area contributed by atoms with Gasteiger partial charge in [0.15, 0.2) is 5.78 Å². The number of hydrogen-bond donors (Lipinski definition) is 5. The van der Waals surface area contributed by atoms with E-state index in [1.54, 1.807) is 24.3 Å². The average Bonchev–Trinajstić information content (AvgIpc) is 3.63. The zero-order valence-corrected chi connectivity index (χ0v) is 33.8. The second-order valence-electron chi connectivity index (χ2n) is 15.0. The molecule has 0 bridgehead atoms. The van der Waals surface area contributed by atoms with E-state index < -0.39 is 51.9 Å². The Morgan fingerprint density at radius 3 is 2.34 bits per heavy atom. The number of urea groups is 1. The summed E-state index contributed by atoms with van der Waals surface area (Å²) in [4.78, 5) is 69.6. The van der Waals surface area contributed by atoms with Crippen molar-refractivity contribution >= 4 is 45.1 Å². The van der Waals surface area contributed by atoms with E-state index in [0.717, 1.165) is 38.8 Å². The Morgan fingerprint density at radius 1 is 0.897 bits per heavy atom. The summed E-state index contributed by atoms with van der Waals surface area (Å²) in [5, 5.41) is 9.22. The van der Waals surface area contributed by atoms with Gasteiger partial charge >= 0.3 is 6.03 Å². The first-order valence-corrected chi connectivity index (χ1v) is 21.3. The minimum atomic E-state index is -4.03. The number of rotatable bonds is 20. The van der Waals surface area contributed by atoms with Crippen LogP contribution in [-0.2, 0) is 48.6 Å². The molecule has 1 saturated heterocycles. The monoisotopic (exact) mass is 810 g/mol. The van der Waals surface area contributed by atoms with Gasteiger partial charge in [0.05, 0.1) is 6.04 Å². The maximum atomic E-state index is 14.5. The van der Waals surface area contributed by atoms with Crippen molar-refractivity contribution < 1.29 is 32.4 Å². The molecule has 1 fully saturated rings. The minimum absolute atomic E-state index is 0.0502. The number of fused-ring (bicyclic) bond motifs is 1. The molecule has 3 aromatic carbocycles. The number of ketones is 1. The third-order valence-electron chi connectivity index (χ3n) is 10.7. The van der Waals surface area contributed by atoms with Crippen molar-refractivity contribution in [2.45, 2.75) is 89.4 Å². The highest BCUT2D eigenvalue weighted by Crippen LogP contribution is 2.31. The molecular formula is C44H54N6O7S. The van der Waals surface area contributed by atoms with Gasteiger partial charge in [-0.2, -0.15) is 4.72 Å². The van der Waals surface area contributed by atoms with E-state index in [1.807, 2.05) is 67.6 Å². The predicted molar refractivity (Wildman–Crippen MR) is 223 cm³/mol. The summed E-state index contributed by atoms with van der Waals surface area (Å²) >= 11 is 0. The Labute approximate surface area is 341 Å². The maximum Gasteiger partial charge on any atom is 0.312 e. The van der Waals surface area contributed by atoms with Gasteiger partial charge in [-0.25, -0.2) is 13.2 Å². The van der Waals surface area contributed by atoms with Gasteiger partial charge in [-0.15, -0.1) is 0 Å². The van der Waals surface area contributed by atoms with Crippen LogP contribution in [0.15, 0.2) is 96.9 Å². The number of nitrogens with two attached hydrogens (primary N) is 1. The summed E-state index contributed by atoms with van der Waals surface area (Å²) in [5.74, 6) is -2.56. The van der Waals surface area contributed by atoms with Gasteiger partial charge < -0.3 is 26.6 Å². The Kier molecular flexibility index (Phi) is 15.5. The molecule has 0 radical (unpaired) electrons. The molecule has 0 aromatic heterocycles. The number of amides is 5. The maximum absolute atomic E-state index is 14.5. The van der Waals surface area contributed by atoms with E-state index in [9.17, 15) is 32.4 Å². The van der Waals surface area contributed by atoms with Gasteiger partial charge in [0, 0.05) is 43.8 Å². The van der Waals surface area contributed by atoms with Gasteiger partial charge in [0.1, 0.15) is 12.1 Å². The summed E-state index contributed by atoms with van der Waals surface area (Å²) in [5.41, 5.74) is 10.9. The van der Waals surface area contributed by atoms with Gasteiger partial charge in [0.2, 0.25) is 27.7 Å². The number of benzene rings is 3. The van der Waals surface area contributed by atoms with Crippen LogP contribution in [0.5, 0.6) is 0 Å². The lowest BCUT2D eigenvalue weighted by Gasteiger charge is -2.37. The standard InChI is InChI=1S/C44H54N6O7S/c1-3-58(56,57)49-38(26-31-12-5-4-6-13-31)43(54)50-25-10-9-17-39(50)42(53)48-37(27-34-23-22-33-14-7-8-16-36(33)34)40(51)28-35(15-11-24-46-44(45)55)41(52)47-29-32-20-18-30(2)19-21-32/h3-8,12-14,16,18-21,23,35,37-39,49H,1,9-11,15,17,22,24-29H2,2H3,(H,47,52)(H,48,53)(H3,45,46,55)/t35-,37+,38+,39+/m1/s1. The summed E-state index contributed by atoms with van der Waals surface area (Å²) in [6.07, 6.45) is 4.95. The van der Waals surface area contributed by atoms with E-state index >= 15 is 0 Å². The van der Waals surface area contributed by atoms with Crippen molar-refractivity contribution in [3.05, 3.63) is 125 Å².